The molecule has 0 aliphatic carbocycles. The summed E-state index contributed by atoms with van der Waals surface area (Å²) in [6, 6.07) is 10.5. The van der Waals surface area contributed by atoms with Crippen LogP contribution in [0.3, 0.4) is 0 Å². The van der Waals surface area contributed by atoms with Crippen LogP contribution in [0.4, 0.5) is 11.5 Å². The second-order valence-electron chi connectivity index (χ2n) is 6.15. The largest absolute Gasteiger partial charge is 0.494 e. The van der Waals surface area contributed by atoms with Gasteiger partial charge in [0.25, 0.3) is 5.89 Å². The van der Waals surface area contributed by atoms with Crippen molar-refractivity contribution >= 4 is 17.4 Å². The highest BCUT2D eigenvalue weighted by Crippen LogP contribution is 2.24. The van der Waals surface area contributed by atoms with E-state index in [0.29, 0.717) is 18.1 Å². The van der Waals surface area contributed by atoms with Gasteiger partial charge in [0.05, 0.1) is 6.61 Å². The molecule has 152 valence electrons. The van der Waals surface area contributed by atoms with Gasteiger partial charge in [-0.2, -0.15) is 4.98 Å². The van der Waals surface area contributed by atoms with Crippen molar-refractivity contribution in [1.29, 1.82) is 0 Å². The Bertz CT molecular complexity index is 1140. The summed E-state index contributed by atoms with van der Waals surface area (Å²) in [5.41, 5.74) is 7.65. The standard InChI is InChI=1S/C19H18N8O3/c1-2-29-14-5-3-13(4-6-14)22-15(28)11-27-17(20)16(24-26-27)19-23-18(25-30-19)12-7-9-21-10-8-12/h3-10H,2,11,20H2,1H3,(H,22,28). The van der Waals surface area contributed by atoms with E-state index in [-0.39, 0.29) is 29.9 Å². The quantitative estimate of drug-likeness (QED) is 0.470. The molecular weight excluding hydrogens is 388 g/mol. The molecule has 3 heterocycles. The van der Waals surface area contributed by atoms with Crippen LogP contribution in [0, 0.1) is 0 Å². The summed E-state index contributed by atoms with van der Waals surface area (Å²) in [6.45, 7) is 2.35. The van der Waals surface area contributed by atoms with Crippen LogP contribution in [0.25, 0.3) is 23.0 Å². The van der Waals surface area contributed by atoms with Crippen LogP contribution in [0.2, 0.25) is 0 Å². The van der Waals surface area contributed by atoms with E-state index in [1.54, 1.807) is 48.8 Å². The predicted octanol–water partition coefficient (Wildman–Crippen LogP) is 2.01. The molecule has 11 heteroatoms. The van der Waals surface area contributed by atoms with Crippen LogP contribution < -0.4 is 15.8 Å². The number of nitrogens with one attached hydrogen (secondary N) is 1. The van der Waals surface area contributed by atoms with Gasteiger partial charge in [0, 0.05) is 23.6 Å². The maximum Gasteiger partial charge on any atom is 0.282 e. The molecule has 0 saturated heterocycles. The maximum absolute atomic E-state index is 12.3. The molecule has 0 aliphatic rings. The lowest BCUT2D eigenvalue weighted by atomic mass is 10.2. The van der Waals surface area contributed by atoms with E-state index in [0.717, 1.165) is 11.3 Å². The van der Waals surface area contributed by atoms with E-state index in [4.69, 9.17) is 15.0 Å². The Balaban J connectivity index is 1.44. The third-order valence-corrected chi connectivity index (χ3v) is 4.08. The number of benzene rings is 1. The minimum atomic E-state index is -0.315. The van der Waals surface area contributed by atoms with Crippen molar-refractivity contribution in [3.8, 4) is 28.7 Å². The summed E-state index contributed by atoms with van der Waals surface area (Å²) in [7, 11) is 0. The first kappa shape index (κ1) is 19.1. The van der Waals surface area contributed by atoms with Gasteiger partial charge in [-0.15, -0.1) is 5.10 Å². The number of hydrogen-bond donors (Lipinski definition) is 2. The van der Waals surface area contributed by atoms with E-state index in [1.807, 2.05) is 6.92 Å². The lowest BCUT2D eigenvalue weighted by Crippen LogP contribution is -2.20. The first-order chi connectivity index (χ1) is 14.6. The molecule has 4 aromatic rings. The topological polar surface area (TPSA) is 147 Å². The lowest BCUT2D eigenvalue weighted by Gasteiger charge is -2.07. The van der Waals surface area contributed by atoms with Gasteiger partial charge in [0.1, 0.15) is 12.3 Å². The molecule has 0 unspecified atom stereocenters. The van der Waals surface area contributed by atoms with Gasteiger partial charge >= 0.3 is 0 Å². The number of hydrogen-bond acceptors (Lipinski definition) is 9. The Labute approximate surface area is 170 Å². The molecule has 0 aliphatic heterocycles. The fraction of sp³-hybridized carbons (Fsp3) is 0.158. The highest BCUT2D eigenvalue weighted by Gasteiger charge is 2.20. The summed E-state index contributed by atoms with van der Waals surface area (Å²) in [5, 5.41) is 14.6. The number of pyridine rings is 1. The number of nitrogens with zero attached hydrogens (tertiary/aromatic N) is 6. The molecule has 0 radical (unpaired) electrons. The number of anilines is 2. The molecule has 30 heavy (non-hydrogen) atoms. The zero-order valence-corrected chi connectivity index (χ0v) is 16.0. The fourth-order valence-electron chi connectivity index (χ4n) is 2.67. The lowest BCUT2D eigenvalue weighted by molar-refractivity contribution is -0.116. The van der Waals surface area contributed by atoms with Gasteiger partial charge < -0.3 is 20.3 Å². The number of nitrogen functional groups attached to an aromatic ring is 1. The molecule has 11 nitrogen and oxygen atoms in total. The van der Waals surface area contributed by atoms with Crippen molar-refractivity contribution in [2.24, 2.45) is 0 Å². The third kappa shape index (κ3) is 4.09. The average Bonchev–Trinajstić information content (AvgIpc) is 3.38. The monoisotopic (exact) mass is 406 g/mol. The average molecular weight is 406 g/mol. The fourth-order valence-corrected chi connectivity index (χ4v) is 2.67. The highest BCUT2D eigenvalue weighted by atomic mass is 16.5. The highest BCUT2D eigenvalue weighted by molar-refractivity contribution is 5.90. The van der Waals surface area contributed by atoms with E-state index in [9.17, 15) is 4.79 Å². The number of nitrogens with two attached hydrogens (primary N) is 1. The Hall–Kier alpha value is -4.28. The van der Waals surface area contributed by atoms with Crippen LogP contribution in [-0.4, -0.2) is 42.6 Å². The van der Waals surface area contributed by atoms with Crippen LogP contribution in [0.1, 0.15) is 6.92 Å². The molecule has 1 aromatic carbocycles. The van der Waals surface area contributed by atoms with E-state index in [1.165, 1.54) is 4.68 Å². The van der Waals surface area contributed by atoms with Crippen LogP contribution in [0.5, 0.6) is 5.75 Å². The van der Waals surface area contributed by atoms with Crippen molar-refractivity contribution in [1.82, 2.24) is 30.1 Å². The Kier molecular flexibility index (Phi) is 5.33. The molecule has 0 fully saturated rings. The molecule has 1 amide bonds. The molecule has 0 saturated carbocycles. The zero-order chi connectivity index (χ0) is 20.9. The SMILES string of the molecule is CCOc1ccc(NC(=O)Cn2nnc(-c3nc(-c4ccncc4)no3)c2N)cc1. The van der Waals surface area contributed by atoms with E-state index < -0.39 is 0 Å². The van der Waals surface area contributed by atoms with Crippen molar-refractivity contribution < 1.29 is 14.1 Å². The number of rotatable bonds is 7. The van der Waals surface area contributed by atoms with E-state index in [2.05, 4.69) is 30.8 Å². The number of amides is 1. The van der Waals surface area contributed by atoms with Gasteiger partial charge in [-0.25, -0.2) is 4.68 Å². The normalized spacial score (nSPS) is 10.7. The minimum absolute atomic E-state index is 0.109. The number of carbonyl (C=O) groups excluding carboxylic acids is 1. The first-order valence-corrected chi connectivity index (χ1v) is 9.10. The Morgan fingerprint density at radius 2 is 1.97 bits per heavy atom. The second-order valence-corrected chi connectivity index (χ2v) is 6.15. The van der Waals surface area contributed by atoms with Crippen molar-refractivity contribution in [2.45, 2.75) is 13.5 Å². The number of carbonyl (C=O) groups is 1. The van der Waals surface area contributed by atoms with Crippen LogP contribution >= 0.6 is 0 Å². The van der Waals surface area contributed by atoms with E-state index >= 15 is 0 Å². The van der Waals surface area contributed by atoms with Crippen LogP contribution in [0.15, 0.2) is 53.3 Å². The van der Waals surface area contributed by atoms with Gasteiger partial charge in [-0.3, -0.25) is 9.78 Å². The number of aromatic nitrogens is 6. The molecule has 3 N–H and O–H groups in total. The molecular formula is C19H18N8O3. The summed E-state index contributed by atoms with van der Waals surface area (Å²) in [6.07, 6.45) is 3.25. The Morgan fingerprint density at radius 3 is 2.70 bits per heavy atom. The minimum Gasteiger partial charge on any atom is -0.494 e. The third-order valence-electron chi connectivity index (χ3n) is 4.08. The smallest absolute Gasteiger partial charge is 0.282 e. The molecule has 4 rings (SSSR count). The summed E-state index contributed by atoms with van der Waals surface area (Å²) in [4.78, 5) is 20.6. The first-order valence-electron chi connectivity index (χ1n) is 9.10. The van der Waals surface area contributed by atoms with Crippen molar-refractivity contribution in [2.75, 3.05) is 17.7 Å². The summed E-state index contributed by atoms with van der Waals surface area (Å²) in [5.74, 6) is 1.03. The van der Waals surface area contributed by atoms with Gasteiger partial charge in [-0.05, 0) is 43.3 Å². The molecule has 0 bridgehead atoms. The van der Waals surface area contributed by atoms with Crippen molar-refractivity contribution in [3.63, 3.8) is 0 Å². The van der Waals surface area contributed by atoms with Gasteiger partial charge in [0.2, 0.25) is 11.7 Å². The van der Waals surface area contributed by atoms with Crippen LogP contribution in [-0.2, 0) is 11.3 Å². The number of ether oxygens (including phenoxy) is 1. The van der Waals surface area contributed by atoms with Gasteiger partial charge in [-0.1, -0.05) is 10.4 Å². The summed E-state index contributed by atoms with van der Waals surface area (Å²) < 4.78 is 11.9. The summed E-state index contributed by atoms with van der Waals surface area (Å²) >= 11 is 0. The molecule has 3 aromatic heterocycles. The zero-order valence-electron chi connectivity index (χ0n) is 16.0. The predicted molar refractivity (Wildman–Crippen MR) is 107 cm³/mol. The maximum atomic E-state index is 12.3. The molecule has 0 spiro atoms. The van der Waals surface area contributed by atoms with Crippen molar-refractivity contribution in [3.05, 3.63) is 48.8 Å². The second kappa shape index (κ2) is 8.39. The Morgan fingerprint density at radius 1 is 1.20 bits per heavy atom. The molecule has 0 atom stereocenters. The van der Waals surface area contributed by atoms with Gasteiger partial charge in [0.15, 0.2) is 11.5 Å².